The molecular weight excluding hydrogens is 377 g/mol. The normalized spacial score (nSPS) is 16.5. The van der Waals surface area contributed by atoms with E-state index in [2.05, 4.69) is 4.98 Å². The van der Waals surface area contributed by atoms with Crippen molar-refractivity contribution in [3.8, 4) is 5.75 Å². The van der Waals surface area contributed by atoms with Gasteiger partial charge in [0.05, 0.1) is 5.69 Å². The van der Waals surface area contributed by atoms with Crippen LogP contribution in [-0.4, -0.2) is 34.2 Å². The Balaban J connectivity index is 1.82. The van der Waals surface area contributed by atoms with Gasteiger partial charge in [0.2, 0.25) is 0 Å². The molecule has 0 radical (unpaired) electrons. The molecule has 1 aliphatic heterocycles. The number of rotatable bonds is 5. The molecule has 2 heterocycles. The Bertz CT molecular complexity index is 875. The van der Waals surface area contributed by atoms with Crippen molar-refractivity contribution in [3.05, 3.63) is 46.9 Å². The minimum absolute atomic E-state index is 0.0765. The third-order valence-electron chi connectivity index (χ3n) is 4.82. The van der Waals surface area contributed by atoms with E-state index >= 15 is 0 Å². The van der Waals surface area contributed by atoms with Gasteiger partial charge in [-0.1, -0.05) is 0 Å². The number of amides is 1. The van der Waals surface area contributed by atoms with Gasteiger partial charge in [0.1, 0.15) is 12.2 Å². The van der Waals surface area contributed by atoms with Crippen LogP contribution in [0.25, 0.3) is 0 Å². The molecule has 1 aromatic carbocycles. The molecule has 0 saturated heterocycles. The zero-order valence-corrected chi connectivity index (χ0v) is 17.3. The maximum absolute atomic E-state index is 14.6. The number of hydrogen-bond donors (Lipinski definition) is 1. The molecule has 2 N–H and O–H groups in total. The molecule has 1 aromatic heterocycles. The van der Waals surface area contributed by atoms with Crippen molar-refractivity contribution in [2.45, 2.75) is 65.3 Å². The maximum Gasteiger partial charge on any atom is 0.410 e. The molecule has 8 heteroatoms. The fourth-order valence-electron chi connectivity index (χ4n) is 3.35. The van der Waals surface area contributed by atoms with Crippen molar-refractivity contribution in [3.63, 3.8) is 0 Å². The second-order valence-electron chi connectivity index (χ2n) is 8.24. The van der Waals surface area contributed by atoms with Crippen LogP contribution in [0.3, 0.4) is 0 Å². The molecule has 1 amide bonds. The smallest absolute Gasteiger partial charge is 0.410 e. The lowest BCUT2D eigenvalue weighted by Crippen LogP contribution is -2.47. The van der Waals surface area contributed by atoms with Gasteiger partial charge in [-0.3, -0.25) is 0 Å². The summed E-state index contributed by atoms with van der Waals surface area (Å²) in [6, 6.07) is 2.99. The van der Waals surface area contributed by atoms with Gasteiger partial charge in [0.25, 0.3) is 0 Å². The van der Waals surface area contributed by atoms with Gasteiger partial charge < -0.3 is 24.5 Å². The number of aromatic nitrogens is 1. The molecule has 3 rings (SSSR count). The Kier molecular flexibility index (Phi) is 6.12. The highest BCUT2D eigenvalue weighted by Crippen LogP contribution is 2.31. The lowest BCUT2D eigenvalue weighted by molar-refractivity contribution is 0.0112. The summed E-state index contributed by atoms with van der Waals surface area (Å²) in [6.45, 7) is 8.09. The van der Waals surface area contributed by atoms with Crippen molar-refractivity contribution < 1.29 is 23.1 Å². The van der Waals surface area contributed by atoms with Crippen LogP contribution >= 0.6 is 0 Å². The Morgan fingerprint density at radius 3 is 2.76 bits per heavy atom. The maximum atomic E-state index is 14.6. The molecule has 7 nitrogen and oxygen atoms in total. The number of hydrogen-bond acceptors (Lipinski definition) is 6. The van der Waals surface area contributed by atoms with Gasteiger partial charge in [-0.2, -0.15) is 0 Å². The van der Waals surface area contributed by atoms with E-state index in [1.807, 2.05) is 20.8 Å². The molecule has 0 aliphatic carbocycles. The lowest BCUT2D eigenvalue weighted by Gasteiger charge is -2.38. The lowest BCUT2D eigenvalue weighted by atomic mass is 9.92. The van der Waals surface area contributed by atoms with Crippen LogP contribution in [0.15, 0.2) is 22.9 Å². The van der Waals surface area contributed by atoms with Gasteiger partial charge in [0, 0.05) is 12.6 Å². The first-order valence-corrected chi connectivity index (χ1v) is 9.70. The Labute approximate surface area is 170 Å². The molecule has 1 atom stereocenters. The van der Waals surface area contributed by atoms with E-state index in [9.17, 15) is 9.18 Å². The van der Waals surface area contributed by atoms with Crippen LogP contribution in [0, 0.1) is 12.7 Å². The number of fused-ring (bicyclic) bond motifs is 1. The fraction of sp³-hybridized carbons (Fsp3) is 0.524. The van der Waals surface area contributed by atoms with E-state index in [4.69, 9.17) is 19.6 Å². The Morgan fingerprint density at radius 1 is 1.38 bits per heavy atom. The third-order valence-corrected chi connectivity index (χ3v) is 4.82. The van der Waals surface area contributed by atoms with Crippen LogP contribution in [0.5, 0.6) is 5.75 Å². The second kappa shape index (κ2) is 8.41. The quantitative estimate of drug-likeness (QED) is 0.815. The summed E-state index contributed by atoms with van der Waals surface area (Å²) in [5, 5.41) is 0. The average Bonchev–Trinajstić information content (AvgIpc) is 3.03. The topological polar surface area (TPSA) is 90.8 Å². The first kappa shape index (κ1) is 21.1. The minimum atomic E-state index is -0.601. The summed E-state index contributed by atoms with van der Waals surface area (Å²) in [4.78, 5) is 18.4. The van der Waals surface area contributed by atoms with Crippen LogP contribution in [0.4, 0.5) is 9.18 Å². The summed E-state index contributed by atoms with van der Waals surface area (Å²) in [6.07, 6.45) is 2.06. The van der Waals surface area contributed by atoms with Gasteiger partial charge >= 0.3 is 6.09 Å². The summed E-state index contributed by atoms with van der Waals surface area (Å²) >= 11 is 0. The van der Waals surface area contributed by atoms with Gasteiger partial charge in [-0.25, -0.2) is 14.2 Å². The van der Waals surface area contributed by atoms with E-state index < -0.39 is 17.5 Å². The molecule has 0 bridgehead atoms. The predicted molar refractivity (Wildman–Crippen MR) is 105 cm³/mol. The number of nitrogens with two attached hydrogens (primary N) is 1. The predicted octanol–water partition coefficient (Wildman–Crippen LogP) is 3.71. The number of halogens is 1. The number of benzene rings is 1. The zero-order valence-electron chi connectivity index (χ0n) is 17.3. The fourth-order valence-corrected chi connectivity index (χ4v) is 3.35. The zero-order chi connectivity index (χ0) is 21.2. The summed E-state index contributed by atoms with van der Waals surface area (Å²) in [5.74, 6) is 0.208. The van der Waals surface area contributed by atoms with E-state index in [-0.39, 0.29) is 18.4 Å². The molecule has 0 fully saturated rings. The number of aryl methyl sites for hydroxylation is 1. The number of carbonyl (C=O) groups is 1. The highest BCUT2D eigenvalue weighted by molar-refractivity contribution is 5.69. The van der Waals surface area contributed by atoms with Crippen LogP contribution < -0.4 is 10.5 Å². The van der Waals surface area contributed by atoms with E-state index in [1.165, 1.54) is 12.5 Å². The number of oxazole rings is 1. The first-order chi connectivity index (χ1) is 13.7. The van der Waals surface area contributed by atoms with E-state index in [1.54, 1.807) is 17.9 Å². The molecule has 0 unspecified atom stereocenters. The molecule has 0 spiro atoms. The van der Waals surface area contributed by atoms with Crippen molar-refractivity contribution in [1.29, 1.82) is 0 Å². The Morgan fingerprint density at radius 2 is 2.14 bits per heavy atom. The largest absolute Gasteiger partial charge is 0.482 e. The van der Waals surface area contributed by atoms with Gasteiger partial charge in [-0.15, -0.1) is 0 Å². The van der Waals surface area contributed by atoms with E-state index in [0.717, 1.165) is 11.1 Å². The molecular formula is C21H28FN3O4. The molecule has 158 valence electrons. The van der Waals surface area contributed by atoms with Crippen molar-refractivity contribution in [2.24, 2.45) is 5.73 Å². The van der Waals surface area contributed by atoms with E-state index in [0.29, 0.717) is 37.4 Å². The number of carbonyl (C=O) groups excluding carboxylic acids is 1. The minimum Gasteiger partial charge on any atom is -0.482 e. The second-order valence-corrected chi connectivity index (χ2v) is 8.24. The SMILES string of the molecule is Cc1ncoc1COc1cc2c(cc1F)C[C@@H](CCN)N(C(=O)OC(C)(C)C)C2. The monoisotopic (exact) mass is 405 g/mol. The highest BCUT2D eigenvalue weighted by atomic mass is 19.1. The molecule has 2 aromatic rings. The first-order valence-electron chi connectivity index (χ1n) is 9.70. The van der Waals surface area contributed by atoms with Crippen molar-refractivity contribution >= 4 is 6.09 Å². The number of ether oxygens (including phenoxy) is 2. The van der Waals surface area contributed by atoms with Crippen LogP contribution in [0.1, 0.15) is 49.8 Å². The molecule has 1 aliphatic rings. The molecule has 29 heavy (non-hydrogen) atoms. The standard InChI is InChI=1S/C21H28FN3O4/c1-13-19(28-12-24-13)11-27-18-9-15-10-25(20(26)29-21(2,3)4)16(5-6-23)7-14(15)8-17(18)22/h8-9,12,16H,5-7,10-11,23H2,1-4H3/t16-/m1/s1. The van der Waals surface area contributed by atoms with Crippen LogP contribution in [0.2, 0.25) is 0 Å². The van der Waals surface area contributed by atoms with Crippen molar-refractivity contribution in [1.82, 2.24) is 9.88 Å². The summed E-state index contributed by atoms with van der Waals surface area (Å²) < 4.78 is 31.0. The highest BCUT2D eigenvalue weighted by Gasteiger charge is 2.33. The third kappa shape index (κ3) is 5.06. The summed E-state index contributed by atoms with van der Waals surface area (Å²) in [7, 11) is 0. The van der Waals surface area contributed by atoms with Crippen LogP contribution in [-0.2, 0) is 24.3 Å². The van der Waals surface area contributed by atoms with Gasteiger partial charge in [0.15, 0.2) is 23.7 Å². The van der Waals surface area contributed by atoms with Gasteiger partial charge in [-0.05, 0) is 70.3 Å². The Hall–Kier alpha value is -2.61. The number of nitrogens with zero attached hydrogens (tertiary/aromatic N) is 2. The molecule has 0 saturated carbocycles. The van der Waals surface area contributed by atoms with Crippen molar-refractivity contribution in [2.75, 3.05) is 6.54 Å². The average molecular weight is 405 g/mol. The summed E-state index contributed by atoms with van der Waals surface area (Å²) in [5.41, 5.74) is 7.51.